The van der Waals surface area contributed by atoms with Gasteiger partial charge in [0.2, 0.25) is 0 Å². The highest BCUT2D eigenvalue weighted by molar-refractivity contribution is 5.50. The summed E-state index contributed by atoms with van der Waals surface area (Å²) in [6.07, 6.45) is 5.46. The van der Waals surface area contributed by atoms with Crippen molar-refractivity contribution in [2.45, 2.75) is 18.9 Å². The minimum absolute atomic E-state index is 0.180. The van der Waals surface area contributed by atoms with Gasteiger partial charge in [-0.05, 0) is 12.8 Å². The van der Waals surface area contributed by atoms with E-state index in [1.54, 1.807) is 12.4 Å². The smallest absolute Gasteiger partial charge is 0.134 e. The Balaban J connectivity index is 2.12. The topological polar surface area (TPSA) is 61.3 Å². The van der Waals surface area contributed by atoms with Crippen LogP contribution in [0, 0.1) is 0 Å². The molecule has 1 saturated heterocycles. The maximum absolute atomic E-state index is 9.29. The van der Waals surface area contributed by atoms with Crippen molar-refractivity contribution in [1.29, 1.82) is 0 Å². The molecule has 2 rings (SSSR count). The zero-order valence-corrected chi connectivity index (χ0v) is 9.84. The zero-order valence-electron chi connectivity index (χ0n) is 9.84. The van der Waals surface area contributed by atoms with Crippen LogP contribution in [-0.2, 0) is 0 Å². The minimum Gasteiger partial charge on any atom is -0.394 e. The Kier molecular flexibility index (Phi) is 3.93. The maximum Gasteiger partial charge on any atom is 0.134 e. The van der Waals surface area contributed by atoms with Gasteiger partial charge >= 0.3 is 0 Å². The van der Waals surface area contributed by atoms with Crippen molar-refractivity contribution in [2.75, 3.05) is 29.9 Å². The third-order valence-electron chi connectivity index (χ3n) is 2.96. The molecule has 0 amide bonds. The second-order valence-corrected chi connectivity index (χ2v) is 4.10. The van der Waals surface area contributed by atoms with E-state index < -0.39 is 0 Å². The van der Waals surface area contributed by atoms with Crippen LogP contribution < -0.4 is 10.2 Å². The summed E-state index contributed by atoms with van der Waals surface area (Å²) in [6.45, 7) is 5.46. The second-order valence-electron chi connectivity index (χ2n) is 4.10. The van der Waals surface area contributed by atoms with E-state index in [4.69, 9.17) is 0 Å². The Morgan fingerprint density at radius 2 is 2.47 bits per heavy atom. The maximum atomic E-state index is 9.29. The fourth-order valence-electron chi connectivity index (χ4n) is 2.10. The first kappa shape index (κ1) is 11.9. The molecule has 1 atom stereocenters. The molecule has 0 saturated carbocycles. The van der Waals surface area contributed by atoms with Gasteiger partial charge in [-0.25, -0.2) is 9.97 Å². The number of nitrogens with zero attached hydrogens (tertiary/aromatic N) is 3. The predicted molar refractivity (Wildman–Crippen MR) is 68.2 cm³/mol. The van der Waals surface area contributed by atoms with Gasteiger partial charge in [0.1, 0.15) is 18.0 Å². The lowest BCUT2D eigenvalue weighted by atomic mass is 10.2. The largest absolute Gasteiger partial charge is 0.394 e. The summed E-state index contributed by atoms with van der Waals surface area (Å²) in [6, 6.07) is 2.11. The highest BCUT2D eigenvalue weighted by Crippen LogP contribution is 2.24. The predicted octanol–water partition coefficient (Wildman–Crippen LogP) is 1.04. The van der Waals surface area contributed by atoms with Gasteiger partial charge in [0.15, 0.2) is 0 Å². The minimum atomic E-state index is 0.180. The summed E-state index contributed by atoms with van der Waals surface area (Å²) >= 11 is 0. The number of aliphatic hydroxyl groups excluding tert-OH is 1. The van der Waals surface area contributed by atoms with Gasteiger partial charge in [0.25, 0.3) is 0 Å². The van der Waals surface area contributed by atoms with Crippen LogP contribution in [0.3, 0.4) is 0 Å². The molecule has 5 heteroatoms. The molecule has 2 N–H and O–H groups in total. The molecule has 1 aliphatic heterocycles. The zero-order chi connectivity index (χ0) is 12.1. The van der Waals surface area contributed by atoms with Crippen molar-refractivity contribution in [2.24, 2.45) is 0 Å². The number of anilines is 2. The van der Waals surface area contributed by atoms with Crippen LogP contribution in [0.25, 0.3) is 0 Å². The van der Waals surface area contributed by atoms with Crippen LogP contribution in [0.2, 0.25) is 0 Å². The van der Waals surface area contributed by atoms with E-state index in [0.29, 0.717) is 6.54 Å². The van der Waals surface area contributed by atoms with Crippen LogP contribution in [-0.4, -0.2) is 40.8 Å². The second kappa shape index (κ2) is 5.63. The summed E-state index contributed by atoms with van der Waals surface area (Å²) in [5.74, 6) is 1.67. The molecule has 0 aliphatic carbocycles. The van der Waals surface area contributed by atoms with E-state index in [1.807, 2.05) is 6.07 Å². The van der Waals surface area contributed by atoms with Gasteiger partial charge in [-0.15, -0.1) is 6.58 Å². The molecular formula is C12H18N4O. The van der Waals surface area contributed by atoms with Crippen LogP contribution in [0.4, 0.5) is 11.6 Å². The van der Waals surface area contributed by atoms with Crippen molar-refractivity contribution in [3.63, 3.8) is 0 Å². The summed E-state index contributed by atoms with van der Waals surface area (Å²) in [5, 5.41) is 12.4. The van der Waals surface area contributed by atoms with E-state index in [0.717, 1.165) is 31.0 Å². The quantitative estimate of drug-likeness (QED) is 0.745. The van der Waals surface area contributed by atoms with E-state index in [-0.39, 0.29) is 12.6 Å². The number of aromatic nitrogens is 2. The fourth-order valence-corrected chi connectivity index (χ4v) is 2.10. The number of hydrogen-bond donors (Lipinski definition) is 2. The van der Waals surface area contributed by atoms with Crippen molar-refractivity contribution in [3.05, 3.63) is 25.0 Å². The Labute approximate surface area is 101 Å². The van der Waals surface area contributed by atoms with Gasteiger partial charge in [-0.2, -0.15) is 0 Å². The lowest BCUT2D eigenvalue weighted by Crippen LogP contribution is -2.32. The Morgan fingerprint density at radius 1 is 1.59 bits per heavy atom. The molecule has 1 aromatic heterocycles. The van der Waals surface area contributed by atoms with E-state index in [9.17, 15) is 5.11 Å². The average molecular weight is 234 g/mol. The van der Waals surface area contributed by atoms with Crippen LogP contribution in [0.1, 0.15) is 12.8 Å². The highest BCUT2D eigenvalue weighted by atomic mass is 16.3. The Hall–Kier alpha value is -1.62. The molecule has 0 bridgehead atoms. The fraction of sp³-hybridized carbons (Fsp3) is 0.500. The Morgan fingerprint density at radius 3 is 3.24 bits per heavy atom. The van der Waals surface area contributed by atoms with Gasteiger partial charge in [-0.1, -0.05) is 6.08 Å². The first-order valence-electron chi connectivity index (χ1n) is 5.89. The van der Waals surface area contributed by atoms with Gasteiger partial charge in [0, 0.05) is 19.2 Å². The lowest BCUT2D eigenvalue weighted by Gasteiger charge is -2.24. The summed E-state index contributed by atoms with van der Waals surface area (Å²) in [4.78, 5) is 10.5. The van der Waals surface area contributed by atoms with Crippen molar-refractivity contribution in [1.82, 2.24) is 9.97 Å². The highest BCUT2D eigenvalue weighted by Gasteiger charge is 2.24. The van der Waals surface area contributed by atoms with Crippen molar-refractivity contribution in [3.8, 4) is 0 Å². The molecule has 1 unspecified atom stereocenters. The molecule has 5 nitrogen and oxygen atoms in total. The van der Waals surface area contributed by atoms with Crippen molar-refractivity contribution >= 4 is 11.6 Å². The number of nitrogens with one attached hydrogen (secondary N) is 1. The van der Waals surface area contributed by atoms with E-state index in [2.05, 4.69) is 26.8 Å². The number of hydrogen-bond acceptors (Lipinski definition) is 5. The SMILES string of the molecule is C=CCNc1cc(N2CCCC2CO)ncn1. The molecule has 92 valence electrons. The third kappa shape index (κ3) is 2.74. The molecule has 0 spiro atoms. The van der Waals surface area contributed by atoms with E-state index in [1.165, 1.54) is 0 Å². The van der Waals surface area contributed by atoms with Crippen LogP contribution >= 0.6 is 0 Å². The van der Waals surface area contributed by atoms with Crippen LogP contribution in [0.15, 0.2) is 25.0 Å². The van der Waals surface area contributed by atoms with Gasteiger partial charge in [0.05, 0.1) is 12.6 Å². The Bertz CT molecular complexity index is 383. The molecule has 2 heterocycles. The molecule has 0 radical (unpaired) electrons. The number of aliphatic hydroxyl groups is 1. The lowest BCUT2D eigenvalue weighted by molar-refractivity contribution is 0.266. The standard InChI is InChI=1S/C12H18N4O/c1-2-5-13-11-7-12(15-9-14-11)16-6-3-4-10(16)8-17/h2,7,9-10,17H,1,3-6,8H2,(H,13,14,15). The van der Waals surface area contributed by atoms with E-state index >= 15 is 0 Å². The first-order chi connectivity index (χ1) is 8.35. The molecule has 17 heavy (non-hydrogen) atoms. The monoisotopic (exact) mass is 234 g/mol. The average Bonchev–Trinajstić information content (AvgIpc) is 2.85. The van der Waals surface area contributed by atoms with Gasteiger partial charge < -0.3 is 15.3 Å². The molecule has 1 aliphatic rings. The van der Waals surface area contributed by atoms with Crippen LogP contribution in [0.5, 0.6) is 0 Å². The molecule has 1 fully saturated rings. The van der Waals surface area contributed by atoms with Crippen molar-refractivity contribution < 1.29 is 5.11 Å². The summed E-state index contributed by atoms with van der Waals surface area (Å²) in [7, 11) is 0. The van der Waals surface area contributed by atoms with Gasteiger partial charge in [-0.3, -0.25) is 0 Å². The molecular weight excluding hydrogens is 216 g/mol. The first-order valence-corrected chi connectivity index (χ1v) is 5.89. The summed E-state index contributed by atoms with van der Waals surface area (Å²) < 4.78 is 0. The normalized spacial score (nSPS) is 19.4. The molecule has 0 aromatic carbocycles. The third-order valence-corrected chi connectivity index (χ3v) is 2.96. The number of rotatable bonds is 5. The molecule has 1 aromatic rings. The summed E-state index contributed by atoms with van der Waals surface area (Å²) in [5.41, 5.74) is 0.